The Bertz CT molecular complexity index is 217. The molecule has 0 radical (unpaired) electrons. The molecule has 0 saturated heterocycles. The molecule has 0 aliphatic rings. The van der Waals surface area contributed by atoms with Crippen molar-refractivity contribution in [2.45, 2.75) is 0 Å². The van der Waals surface area contributed by atoms with Gasteiger partial charge >= 0.3 is 0 Å². The molecule has 0 aromatic carbocycles. The number of nitrogens with one attached hydrogen (secondary N) is 1. The first-order chi connectivity index (χ1) is 6.07. The first kappa shape index (κ1) is 11.6. The van der Waals surface area contributed by atoms with Crippen LogP contribution in [-0.4, -0.2) is 44.5 Å². The molecule has 0 aliphatic heterocycles. The number of anilines is 1. The summed E-state index contributed by atoms with van der Waals surface area (Å²) < 4.78 is 0. The van der Waals surface area contributed by atoms with Gasteiger partial charge in [0.2, 0.25) is 6.41 Å². The molecule has 0 atom stereocenters. The van der Waals surface area contributed by atoms with Gasteiger partial charge in [0.1, 0.15) is 0 Å². The van der Waals surface area contributed by atoms with Gasteiger partial charge in [-0.3, -0.25) is 4.79 Å². The Labute approximate surface area is 79.2 Å². The number of aromatic nitrogens is 1. The maximum atomic E-state index is 9.43. The van der Waals surface area contributed by atoms with E-state index in [9.17, 15) is 4.79 Å². The molecule has 0 bridgehead atoms. The van der Waals surface area contributed by atoms with E-state index in [4.69, 9.17) is 0 Å². The molecule has 0 saturated carbocycles. The summed E-state index contributed by atoms with van der Waals surface area (Å²) in [5.74, 6) is 0. The van der Waals surface area contributed by atoms with Gasteiger partial charge in [-0.2, -0.15) is 0 Å². The number of aromatic amines is 1. The number of H-pyrrole nitrogens is 1. The zero-order chi connectivity index (χ0) is 10.3. The molecule has 0 unspecified atom stereocenters. The Balaban J connectivity index is 0.000000252. The van der Waals surface area contributed by atoms with Crippen molar-refractivity contribution in [1.82, 2.24) is 9.88 Å². The number of rotatable bonds is 2. The third-order valence-corrected chi connectivity index (χ3v) is 1.31. The van der Waals surface area contributed by atoms with Crippen molar-refractivity contribution < 1.29 is 4.79 Å². The zero-order valence-corrected chi connectivity index (χ0v) is 8.61. The average molecular weight is 183 g/mol. The number of amides is 1. The molecule has 1 aromatic rings. The van der Waals surface area contributed by atoms with Gasteiger partial charge in [-0.25, -0.2) is 0 Å². The monoisotopic (exact) mass is 183 g/mol. The second-order valence-electron chi connectivity index (χ2n) is 3.03. The van der Waals surface area contributed by atoms with E-state index < -0.39 is 0 Å². The summed E-state index contributed by atoms with van der Waals surface area (Å²) in [6.45, 7) is 0. The Hall–Kier alpha value is -1.45. The van der Waals surface area contributed by atoms with Crippen molar-refractivity contribution in [3.05, 3.63) is 18.5 Å². The number of carbonyl (C=O) groups excluding carboxylic acids is 1. The number of nitrogens with zero attached hydrogens (tertiary/aromatic N) is 2. The molecule has 4 nitrogen and oxygen atoms in total. The quantitative estimate of drug-likeness (QED) is 0.688. The zero-order valence-electron chi connectivity index (χ0n) is 8.61. The van der Waals surface area contributed by atoms with Crippen molar-refractivity contribution in [3.8, 4) is 0 Å². The first-order valence-electron chi connectivity index (χ1n) is 3.99. The van der Waals surface area contributed by atoms with Gasteiger partial charge in [-0.1, -0.05) is 0 Å². The van der Waals surface area contributed by atoms with Gasteiger partial charge in [0.15, 0.2) is 0 Å². The minimum atomic E-state index is 0.750. The molecule has 0 spiro atoms. The normalized spacial score (nSPS) is 8.31. The third-order valence-electron chi connectivity index (χ3n) is 1.31. The molecular weight excluding hydrogens is 166 g/mol. The van der Waals surface area contributed by atoms with Crippen LogP contribution in [0.1, 0.15) is 0 Å². The fourth-order valence-corrected chi connectivity index (χ4v) is 0.593. The van der Waals surface area contributed by atoms with Crippen molar-refractivity contribution in [1.29, 1.82) is 0 Å². The van der Waals surface area contributed by atoms with Gasteiger partial charge in [0.05, 0.1) is 5.69 Å². The second-order valence-corrected chi connectivity index (χ2v) is 3.03. The molecule has 1 rings (SSSR count). The fourth-order valence-electron chi connectivity index (χ4n) is 0.593. The lowest BCUT2D eigenvalue weighted by Crippen LogP contribution is -2.06. The van der Waals surface area contributed by atoms with E-state index in [0.717, 1.165) is 6.41 Å². The van der Waals surface area contributed by atoms with E-state index in [2.05, 4.69) is 9.88 Å². The number of hydrogen-bond donors (Lipinski definition) is 1. The summed E-state index contributed by atoms with van der Waals surface area (Å²) in [5, 5.41) is 0. The van der Waals surface area contributed by atoms with E-state index in [1.54, 1.807) is 14.1 Å². The lowest BCUT2D eigenvalue weighted by molar-refractivity contribution is -0.115. The van der Waals surface area contributed by atoms with Crippen LogP contribution in [0, 0.1) is 0 Å². The molecule has 0 fully saturated rings. The van der Waals surface area contributed by atoms with E-state index in [-0.39, 0.29) is 0 Å². The minimum absolute atomic E-state index is 0.750. The van der Waals surface area contributed by atoms with Gasteiger partial charge in [0.25, 0.3) is 0 Å². The van der Waals surface area contributed by atoms with E-state index in [1.165, 1.54) is 10.6 Å². The van der Waals surface area contributed by atoms with Crippen LogP contribution in [-0.2, 0) is 4.79 Å². The Kier molecular flexibility index (Phi) is 5.43. The lowest BCUT2D eigenvalue weighted by atomic mass is 10.5. The Morgan fingerprint density at radius 3 is 2.00 bits per heavy atom. The first-order valence-corrected chi connectivity index (χ1v) is 3.99. The highest BCUT2D eigenvalue weighted by atomic mass is 16.1. The van der Waals surface area contributed by atoms with Crippen molar-refractivity contribution >= 4 is 12.1 Å². The van der Waals surface area contributed by atoms with E-state index in [0.29, 0.717) is 0 Å². The van der Waals surface area contributed by atoms with Crippen LogP contribution in [0.2, 0.25) is 0 Å². The van der Waals surface area contributed by atoms with Crippen molar-refractivity contribution in [2.75, 3.05) is 33.1 Å². The highest BCUT2D eigenvalue weighted by molar-refractivity contribution is 5.45. The van der Waals surface area contributed by atoms with Gasteiger partial charge in [-0.15, -0.1) is 0 Å². The average Bonchev–Trinajstić information content (AvgIpc) is 2.57. The van der Waals surface area contributed by atoms with Crippen molar-refractivity contribution in [3.63, 3.8) is 0 Å². The summed E-state index contributed by atoms with van der Waals surface area (Å²) in [7, 11) is 7.41. The largest absolute Gasteiger partial charge is 0.376 e. The smallest absolute Gasteiger partial charge is 0.209 e. The number of hydrogen-bond acceptors (Lipinski definition) is 2. The summed E-state index contributed by atoms with van der Waals surface area (Å²) in [4.78, 5) is 15.9. The summed E-state index contributed by atoms with van der Waals surface area (Å²) in [6.07, 6.45) is 4.62. The summed E-state index contributed by atoms with van der Waals surface area (Å²) >= 11 is 0. The summed E-state index contributed by atoms with van der Waals surface area (Å²) in [5.41, 5.74) is 1.21. The highest BCUT2D eigenvalue weighted by Crippen LogP contribution is 2.05. The van der Waals surface area contributed by atoms with Gasteiger partial charge in [-0.05, 0) is 6.07 Å². The Morgan fingerprint density at radius 1 is 1.31 bits per heavy atom. The molecule has 4 heteroatoms. The van der Waals surface area contributed by atoms with Crippen LogP contribution < -0.4 is 4.90 Å². The molecule has 13 heavy (non-hydrogen) atoms. The van der Waals surface area contributed by atoms with Crippen molar-refractivity contribution in [2.24, 2.45) is 0 Å². The molecule has 1 heterocycles. The molecular formula is C9H17N3O. The van der Waals surface area contributed by atoms with Crippen LogP contribution >= 0.6 is 0 Å². The minimum Gasteiger partial charge on any atom is -0.376 e. The van der Waals surface area contributed by atoms with E-state index >= 15 is 0 Å². The second kappa shape index (κ2) is 6.11. The van der Waals surface area contributed by atoms with Gasteiger partial charge < -0.3 is 14.8 Å². The molecule has 74 valence electrons. The van der Waals surface area contributed by atoms with E-state index in [1.807, 2.05) is 32.6 Å². The van der Waals surface area contributed by atoms with Crippen LogP contribution in [0.15, 0.2) is 18.5 Å². The van der Waals surface area contributed by atoms with Crippen LogP contribution in [0.25, 0.3) is 0 Å². The maximum Gasteiger partial charge on any atom is 0.209 e. The van der Waals surface area contributed by atoms with Crippen LogP contribution in [0.5, 0.6) is 0 Å². The predicted octanol–water partition coefficient (Wildman–Crippen LogP) is 0.785. The molecule has 1 amide bonds. The third kappa shape index (κ3) is 5.78. The topological polar surface area (TPSA) is 39.3 Å². The summed E-state index contributed by atoms with van der Waals surface area (Å²) in [6, 6.07) is 2.03. The molecule has 0 aliphatic carbocycles. The SMILES string of the molecule is CN(C)C=O.CN(C)c1cc[nH]c1. The number of carbonyl (C=O) groups is 1. The fraction of sp³-hybridized carbons (Fsp3) is 0.444. The Morgan fingerprint density at radius 2 is 1.85 bits per heavy atom. The molecule has 1 aromatic heterocycles. The van der Waals surface area contributed by atoms with Crippen LogP contribution in [0.3, 0.4) is 0 Å². The lowest BCUT2D eigenvalue weighted by Gasteiger charge is -2.06. The van der Waals surface area contributed by atoms with Gasteiger partial charge in [0, 0.05) is 40.6 Å². The highest BCUT2D eigenvalue weighted by Gasteiger charge is 1.89. The maximum absolute atomic E-state index is 9.43. The molecule has 1 N–H and O–H groups in total. The predicted molar refractivity (Wildman–Crippen MR) is 54.9 cm³/mol. The standard InChI is InChI=1S/C6H10N2.C3H7NO/c1-8(2)6-3-4-7-5-6;1-4(2)3-5/h3-5,7H,1-2H3;3H,1-2H3. The van der Waals surface area contributed by atoms with Crippen LogP contribution in [0.4, 0.5) is 5.69 Å².